The summed E-state index contributed by atoms with van der Waals surface area (Å²) in [6, 6.07) is 7.96. The molecule has 94 valence electrons. The first kappa shape index (κ1) is 14.2. The smallest absolute Gasteiger partial charge is 0.233 e. The number of unbranched alkanes of at least 4 members (excludes halogenated alkanes) is 1. The van der Waals surface area contributed by atoms with Crippen molar-refractivity contribution in [1.82, 2.24) is 5.43 Å². The fourth-order valence-corrected chi connectivity index (χ4v) is 1.76. The van der Waals surface area contributed by atoms with E-state index in [0.717, 1.165) is 22.9 Å². The van der Waals surface area contributed by atoms with Crippen LogP contribution in [-0.4, -0.2) is 12.5 Å². The molecule has 5 heteroatoms. The number of hydrazine groups is 1. The van der Waals surface area contributed by atoms with Crippen molar-refractivity contribution in [1.29, 1.82) is 0 Å². The Kier molecular flexibility index (Phi) is 6.84. The summed E-state index contributed by atoms with van der Waals surface area (Å²) in [5, 5.41) is 0. The highest BCUT2D eigenvalue weighted by molar-refractivity contribution is 9.10. The molecule has 0 bridgehead atoms. The number of nitrogens with one attached hydrogen (secondary N) is 1. The average molecular weight is 301 g/mol. The fourth-order valence-electron chi connectivity index (χ4n) is 1.36. The number of carbonyl (C=O) groups is 1. The molecule has 0 fully saturated rings. The maximum Gasteiger partial charge on any atom is 0.233 e. The molecule has 0 aliphatic rings. The van der Waals surface area contributed by atoms with Gasteiger partial charge in [-0.25, -0.2) is 5.84 Å². The molecule has 0 saturated heterocycles. The summed E-state index contributed by atoms with van der Waals surface area (Å²) >= 11 is 3.46. The van der Waals surface area contributed by atoms with Crippen LogP contribution in [0.2, 0.25) is 0 Å². The van der Waals surface area contributed by atoms with Crippen molar-refractivity contribution >= 4 is 21.8 Å². The maximum atomic E-state index is 10.8. The first-order valence-corrected chi connectivity index (χ1v) is 6.34. The van der Waals surface area contributed by atoms with Crippen molar-refractivity contribution < 1.29 is 9.53 Å². The number of benzene rings is 1. The molecule has 0 unspecified atom stereocenters. The van der Waals surface area contributed by atoms with Crippen LogP contribution in [0.25, 0.3) is 0 Å². The third-order valence-corrected chi connectivity index (χ3v) is 3.09. The molecule has 0 atom stereocenters. The number of carbonyl (C=O) groups excluding carboxylic acids is 1. The summed E-state index contributed by atoms with van der Waals surface area (Å²) < 4.78 is 6.58. The highest BCUT2D eigenvalue weighted by Gasteiger charge is 2.00. The lowest BCUT2D eigenvalue weighted by Gasteiger charge is -2.06. The second-order valence-electron chi connectivity index (χ2n) is 3.67. The molecule has 0 radical (unpaired) electrons. The second kappa shape index (κ2) is 8.22. The molecule has 17 heavy (non-hydrogen) atoms. The first-order chi connectivity index (χ1) is 8.24. The van der Waals surface area contributed by atoms with Crippen LogP contribution in [0.15, 0.2) is 28.7 Å². The molecule has 0 aromatic heterocycles. The van der Waals surface area contributed by atoms with Gasteiger partial charge in [0.2, 0.25) is 5.91 Å². The predicted octanol–water partition coefficient (Wildman–Crippen LogP) is 2.13. The van der Waals surface area contributed by atoms with Gasteiger partial charge in [-0.05, 0) is 24.5 Å². The van der Waals surface area contributed by atoms with Gasteiger partial charge in [0, 0.05) is 17.5 Å². The number of hydrogen-bond donors (Lipinski definition) is 2. The third kappa shape index (κ3) is 5.81. The monoisotopic (exact) mass is 300 g/mol. The van der Waals surface area contributed by atoms with E-state index in [1.54, 1.807) is 0 Å². The van der Waals surface area contributed by atoms with Crippen molar-refractivity contribution in [2.75, 3.05) is 6.61 Å². The molecule has 4 nitrogen and oxygen atoms in total. The molecule has 0 heterocycles. The Balaban J connectivity index is 2.09. The summed E-state index contributed by atoms with van der Waals surface area (Å²) in [7, 11) is 0. The van der Waals surface area contributed by atoms with Crippen LogP contribution >= 0.6 is 15.9 Å². The molecular formula is C12H17BrN2O2. The van der Waals surface area contributed by atoms with Crippen molar-refractivity contribution in [3.8, 4) is 0 Å². The summed E-state index contributed by atoms with van der Waals surface area (Å²) in [4.78, 5) is 10.8. The van der Waals surface area contributed by atoms with Crippen LogP contribution in [0.3, 0.4) is 0 Å². The molecule has 1 rings (SSSR count). The van der Waals surface area contributed by atoms with Crippen molar-refractivity contribution in [2.24, 2.45) is 5.84 Å². The van der Waals surface area contributed by atoms with Crippen molar-refractivity contribution in [3.05, 3.63) is 34.3 Å². The van der Waals surface area contributed by atoms with Crippen molar-refractivity contribution in [3.63, 3.8) is 0 Å². The maximum absolute atomic E-state index is 10.8. The zero-order valence-corrected chi connectivity index (χ0v) is 11.2. The average Bonchev–Trinajstić information content (AvgIpc) is 2.35. The zero-order valence-electron chi connectivity index (χ0n) is 9.62. The lowest BCUT2D eigenvalue weighted by atomic mass is 10.2. The number of ether oxygens (including phenoxy) is 1. The minimum atomic E-state index is -0.129. The van der Waals surface area contributed by atoms with Crippen LogP contribution in [0.1, 0.15) is 24.8 Å². The summed E-state index contributed by atoms with van der Waals surface area (Å²) in [6.07, 6.45) is 2.10. The van der Waals surface area contributed by atoms with Gasteiger partial charge in [-0.2, -0.15) is 0 Å². The van der Waals surface area contributed by atoms with E-state index in [4.69, 9.17) is 10.6 Å². The Morgan fingerprint density at radius 1 is 1.35 bits per heavy atom. The molecule has 1 aromatic carbocycles. The van der Waals surface area contributed by atoms with Crippen LogP contribution < -0.4 is 11.3 Å². The number of nitrogens with two attached hydrogens (primary N) is 1. The van der Waals surface area contributed by atoms with Gasteiger partial charge in [0.05, 0.1) is 6.61 Å². The SMILES string of the molecule is NNC(=O)CCCCOCc1ccccc1Br. The van der Waals surface area contributed by atoms with Crippen LogP contribution in [0, 0.1) is 0 Å². The summed E-state index contributed by atoms with van der Waals surface area (Å²) in [5.41, 5.74) is 3.23. The van der Waals surface area contributed by atoms with Gasteiger partial charge >= 0.3 is 0 Å². The lowest BCUT2D eigenvalue weighted by Crippen LogP contribution is -2.29. The molecule has 0 aliphatic heterocycles. The Labute approximate surface area is 110 Å². The van der Waals surface area contributed by atoms with E-state index in [1.807, 2.05) is 24.3 Å². The van der Waals surface area contributed by atoms with Gasteiger partial charge in [0.25, 0.3) is 0 Å². The number of halogens is 1. The predicted molar refractivity (Wildman–Crippen MR) is 70.0 cm³/mol. The topological polar surface area (TPSA) is 64.3 Å². The van der Waals surface area contributed by atoms with Gasteiger partial charge in [-0.1, -0.05) is 34.1 Å². The number of hydrogen-bond acceptors (Lipinski definition) is 3. The van der Waals surface area contributed by atoms with Gasteiger partial charge < -0.3 is 4.74 Å². The van der Waals surface area contributed by atoms with Gasteiger partial charge in [0.15, 0.2) is 0 Å². The molecule has 0 aliphatic carbocycles. The van der Waals surface area contributed by atoms with Gasteiger partial charge in [-0.3, -0.25) is 10.2 Å². The highest BCUT2D eigenvalue weighted by Crippen LogP contribution is 2.16. The van der Waals surface area contributed by atoms with Gasteiger partial charge in [0.1, 0.15) is 0 Å². The lowest BCUT2D eigenvalue weighted by molar-refractivity contribution is -0.121. The third-order valence-electron chi connectivity index (χ3n) is 2.32. The van der Waals surface area contributed by atoms with E-state index in [-0.39, 0.29) is 5.91 Å². The van der Waals surface area contributed by atoms with Gasteiger partial charge in [-0.15, -0.1) is 0 Å². The van der Waals surface area contributed by atoms with Crippen molar-refractivity contribution in [2.45, 2.75) is 25.9 Å². The molecule has 1 aromatic rings. The molecule has 3 N–H and O–H groups in total. The van der Waals surface area contributed by atoms with E-state index < -0.39 is 0 Å². The van der Waals surface area contributed by atoms with E-state index in [9.17, 15) is 4.79 Å². The Morgan fingerprint density at radius 2 is 2.12 bits per heavy atom. The standard InChI is InChI=1S/C12H17BrN2O2/c13-11-6-2-1-5-10(11)9-17-8-4-3-7-12(16)15-14/h1-2,5-6H,3-4,7-9,14H2,(H,15,16). The van der Waals surface area contributed by atoms with E-state index in [2.05, 4.69) is 21.4 Å². The molecule has 0 spiro atoms. The Bertz CT molecular complexity index is 358. The Morgan fingerprint density at radius 3 is 2.82 bits per heavy atom. The number of rotatable bonds is 7. The second-order valence-corrected chi connectivity index (χ2v) is 4.52. The van der Waals surface area contributed by atoms with Crippen LogP contribution in [0.5, 0.6) is 0 Å². The normalized spacial score (nSPS) is 10.2. The number of amides is 1. The molecule has 0 saturated carbocycles. The minimum Gasteiger partial charge on any atom is -0.377 e. The minimum absolute atomic E-state index is 0.129. The highest BCUT2D eigenvalue weighted by atomic mass is 79.9. The van der Waals surface area contributed by atoms with E-state index >= 15 is 0 Å². The summed E-state index contributed by atoms with van der Waals surface area (Å²) in [6.45, 7) is 1.24. The molecule has 1 amide bonds. The van der Waals surface area contributed by atoms with Crippen LogP contribution in [-0.2, 0) is 16.1 Å². The zero-order chi connectivity index (χ0) is 12.5. The molecular weight excluding hydrogens is 284 g/mol. The largest absolute Gasteiger partial charge is 0.377 e. The van der Waals surface area contributed by atoms with Crippen LogP contribution in [0.4, 0.5) is 0 Å². The fraction of sp³-hybridized carbons (Fsp3) is 0.417. The van der Waals surface area contributed by atoms with E-state index in [1.165, 1.54) is 0 Å². The summed E-state index contributed by atoms with van der Waals surface area (Å²) in [5.74, 6) is 4.84. The van der Waals surface area contributed by atoms with E-state index in [0.29, 0.717) is 19.6 Å². The first-order valence-electron chi connectivity index (χ1n) is 5.54. The Hall–Kier alpha value is -0.910. The quantitative estimate of drug-likeness (QED) is 0.351.